The van der Waals surface area contributed by atoms with E-state index in [1.165, 1.54) is 10.9 Å². The molecular formula is C14H16N2O3S. The van der Waals surface area contributed by atoms with Crippen LogP contribution in [0.4, 0.5) is 11.4 Å². The number of anilines is 1. The molecule has 0 saturated heterocycles. The smallest absolute Gasteiger partial charge is 0.311 e. The quantitative estimate of drug-likeness (QED) is 0.624. The number of nitrogens with one attached hydrogen (secondary N) is 1. The molecule has 2 rings (SSSR count). The predicted molar refractivity (Wildman–Crippen MR) is 80.8 cm³/mol. The van der Waals surface area contributed by atoms with Crippen molar-refractivity contribution in [3.05, 3.63) is 50.7 Å². The Morgan fingerprint density at radius 1 is 1.40 bits per heavy atom. The van der Waals surface area contributed by atoms with Crippen molar-refractivity contribution < 1.29 is 9.66 Å². The Hall–Kier alpha value is -2.08. The summed E-state index contributed by atoms with van der Waals surface area (Å²) < 4.78 is 5.31. The van der Waals surface area contributed by atoms with Gasteiger partial charge in [-0.3, -0.25) is 10.1 Å². The summed E-state index contributed by atoms with van der Waals surface area (Å²) in [5.41, 5.74) is 0.825. The van der Waals surface area contributed by atoms with E-state index in [1.807, 2.05) is 6.07 Å². The van der Waals surface area contributed by atoms with Gasteiger partial charge in [0.2, 0.25) is 0 Å². The Morgan fingerprint density at radius 3 is 2.90 bits per heavy atom. The largest absolute Gasteiger partial charge is 0.487 e. The van der Waals surface area contributed by atoms with Crippen molar-refractivity contribution in [2.75, 3.05) is 18.5 Å². The fraction of sp³-hybridized carbons (Fsp3) is 0.286. The first-order chi connectivity index (χ1) is 9.70. The second-order valence-electron chi connectivity index (χ2n) is 4.13. The van der Waals surface area contributed by atoms with Crippen molar-refractivity contribution in [1.82, 2.24) is 0 Å². The maximum atomic E-state index is 10.9. The molecule has 2 aromatic rings. The molecular weight excluding hydrogens is 276 g/mol. The molecule has 1 aromatic heterocycles. The van der Waals surface area contributed by atoms with E-state index < -0.39 is 4.92 Å². The molecule has 0 atom stereocenters. The minimum absolute atomic E-state index is 0.00402. The van der Waals surface area contributed by atoms with Gasteiger partial charge >= 0.3 is 5.69 Å². The number of ether oxygens (including phenoxy) is 1. The second-order valence-corrected chi connectivity index (χ2v) is 5.16. The molecule has 0 spiro atoms. The summed E-state index contributed by atoms with van der Waals surface area (Å²) in [5.74, 6) is 0.304. The lowest BCUT2D eigenvalue weighted by Crippen LogP contribution is -2.05. The standard InChI is InChI=1S/C14H16N2O3S/c1-2-19-14-10-11(5-6-13(14)16(17)18)15-8-7-12-4-3-9-20-12/h3-6,9-10,15H,2,7-8H2,1H3. The van der Waals surface area contributed by atoms with Crippen molar-refractivity contribution in [3.63, 3.8) is 0 Å². The third-order valence-corrected chi connectivity index (χ3v) is 3.67. The monoisotopic (exact) mass is 292 g/mol. The van der Waals surface area contributed by atoms with Crippen LogP contribution in [0.15, 0.2) is 35.7 Å². The average Bonchev–Trinajstić information content (AvgIpc) is 2.92. The number of thiophene rings is 1. The summed E-state index contributed by atoms with van der Waals surface area (Å²) in [6.07, 6.45) is 0.929. The number of nitrogens with zero attached hydrogens (tertiary/aromatic N) is 1. The van der Waals surface area contributed by atoms with Gasteiger partial charge in [0.25, 0.3) is 0 Å². The van der Waals surface area contributed by atoms with Gasteiger partial charge in [0.1, 0.15) is 0 Å². The third kappa shape index (κ3) is 3.71. The molecule has 1 heterocycles. The molecule has 0 saturated carbocycles. The maximum absolute atomic E-state index is 10.9. The molecule has 0 unspecified atom stereocenters. The minimum Gasteiger partial charge on any atom is -0.487 e. The van der Waals surface area contributed by atoms with Gasteiger partial charge in [0.15, 0.2) is 5.75 Å². The first kappa shape index (κ1) is 14.3. The molecule has 0 bridgehead atoms. The van der Waals surface area contributed by atoms with Crippen LogP contribution in [0.5, 0.6) is 5.75 Å². The molecule has 1 N–H and O–H groups in total. The van der Waals surface area contributed by atoms with Crippen molar-refractivity contribution >= 4 is 22.7 Å². The lowest BCUT2D eigenvalue weighted by atomic mass is 10.2. The topological polar surface area (TPSA) is 64.4 Å². The molecule has 0 aliphatic rings. The Labute approximate surface area is 121 Å². The van der Waals surface area contributed by atoms with Crippen LogP contribution < -0.4 is 10.1 Å². The Kier molecular flexibility index (Phi) is 4.95. The molecule has 0 radical (unpaired) electrons. The summed E-state index contributed by atoms with van der Waals surface area (Å²) >= 11 is 1.72. The zero-order valence-electron chi connectivity index (χ0n) is 11.2. The summed E-state index contributed by atoms with van der Waals surface area (Å²) in [7, 11) is 0. The number of rotatable bonds is 7. The lowest BCUT2D eigenvalue weighted by molar-refractivity contribution is -0.385. The number of hydrogen-bond donors (Lipinski definition) is 1. The van der Waals surface area contributed by atoms with E-state index in [2.05, 4.69) is 16.8 Å². The fourth-order valence-electron chi connectivity index (χ4n) is 1.83. The summed E-state index contributed by atoms with van der Waals surface area (Å²) in [6.45, 7) is 2.99. The summed E-state index contributed by atoms with van der Waals surface area (Å²) in [6, 6.07) is 8.97. The minimum atomic E-state index is -0.430. The highest BCUT2D eigenvalue weighted by Gasteiger charge is 2.15. The molecule has 6 heteroatoms. The first-order valence-electron chi connectivity index (χ1n) is 6.38. The number of benzene rings is 1. The zero-order valence-corrected chi connectivity index (χ0v) is 12.0. The highest BCUT2D eigenvalue weighted by molar-refractivity contribution is 7.09. The van der Waals surface area contributed by atoms with Crippen LogP contribution >= 0.6 is 11.3 Å². The average molecular weight is 292 g/mol. The first-order valence-corrected chi connectivity index (χ1v) is 7.26. The van der Waals surface area contributed by atoms with E-state index in [4.69, 9.17) is 4.74 Å². The molecule has 5 nitrogen and oxygen atoms in total. The van der Waals surface area contributed by atoms with Crippen LogP contribution in [-0.4, -0.2) is 18.1 Å². The second kappa shape index (κ2) is 6.91. The molecule has 0 aliphatic heterocycles. The van der Waals surface area contributed by atoms with Crippen LogP contribution in [-0.2, 0) is 6.42 Å². The van der Waals surface area contributed by atoms with E-state index in [1.54, 1.807) is 30.4 Å². The molecule has 106 valence electrons. The van der Waals surface area contributed by atoms with Gasteiger partial charge in [-0.2, -0.15) is 0 Å². The van der Waals surface area contributed by atoms with Crippen LogP contribution in [0.1, 0.15) is 11.8 Å². The van der Waals surface area contributed by atoms with Crippen molar-refractivity contribution in [2.45, 2.75) is 13.3 Å². The Balaban J connectivity index is 2.01. The van der Waals surface area contributed by atoms with E-state index in [0.717, 1.165) is 18.7 Å². The molecule has 20 heavy (non-hydrogen) atoms. The van der Waals surface area contributed by atoms with E-state index in [0.29, 0.717) is 12.4 Å². The van der Waals surface area contributed by atoms with Crippen LogP contribution in [0.25, 0.3) is 0 Å². The van der Waals surface area contributed by atoms with E-state index >= 15 is 0 Å². The van der Waals surface area contributed by atoms with Crippen molar-refractivity contribution in [3.8, 4) is 5.75 Å². The zero-order chi connectivity index (χ0) is 14.4. The van der Waals surface area contributed by atoms with E-state index in [9.17, 15) is 10.1 Å². The van der Waals surface area contributed by atoms with Crippen LogP contribution in [0, 0.1) is 10.1 Å². The highest BCUT2D eigenvalue weighted by atomic mass is 32.1. The van der Waals surface area contributed by atoms with Crippen molar-refractivity contribution in [2.24, 2.45) is 0 Å². The van der Waals surface area contributed by atoms with Gasteiger partial charge in [-0.25, -0.2) is 0 Å². The number of nitro groups is 1. The van der Waals surface area contributed by atoms with Gasteiger partial charge in [-0.1, -0.05) is 6.07 Å². The van der Waals surface area contributed by atoms with Gasteiger partial charge in [0.05, 0.1) is 11.5 Å². The highest BCUT2D eigenvalue weighted by Crippen LogP contribution is 2.30. The van der Waals surface area contributed by atoms with E-state index in [-0.39, 0.29) is 5.69 Å². The van der Waals surface area contributed by atoms with Crippen LogP contribution in [0.2, 0.25) is 0 Å². The van der Waals surface area contributed by atoms with Gasteiger partial charge < -0.3 is 10.1 Å². The van der Waals surface area contributed by atoms with Gasteiger partial charge in [-0.15, -0.1) is 11.3 Å². The number of hydrogen-bond acceptors (Lipinski definition) is 5. The normalized spacial score (nSPS) is 10.2. The maximum Gasteiger partial charge on any atom is 0.311 e. The third-order valence-electron chi connectivity index (χ3n) is 2.74. The lowest BCUT2D eigenvalue weighted by Gasteiger charge is -2.09. The van der Waals surface area contributed by atoms with Gasteiger partial charge in [0, 0.05) is 29.2 Å². The van der Waals surface area contributed by atoms with Crippen molar-refractivity contribution in [1.29, 1.82) is 0 Å². The fourth-order valence-corrected chi connectivity index (χ4v) is 2.54. The van der Waals surface area contributed by atoms with Gasteiger partial charge in [-0.05, 0) is 30.9 Å². The predicted octanol–water partition coefficient (Wildman–Crippen LogP) is 3.71. The van der Waals surface area contributed by atoms with Crippen LogP contribution in [0.3, 0.4) is 0 Å². The Bertz CT molecular complexity index is 570. The number of nitro benzene ring substituents is 1. The molecule has 0 amide bonds. The summed E-state index contributed by atoms with van der Waals surface area (Å²) in [4.78, 5) is 11.8. The molecule has 0 fully saturated rings. The molecule has 1 aromatic carbocycles. The Morgan fingerprint density at radius 2 is 2.25 bits per heavy atom. The SMILES string of the molecule is CCOc1cc(NCCc2cccs2)ccc1[N+](=O)[O-]. The molecule has 0 aliphatic carbocycles. The summed E-state index contributed by atoms with van der Waals surface area (Å²) in [5, 5.41) is 16.2.